The zero-order chi connectivity index (χ0) is 19.3. The molecule has 1 aliphatic rings. The molecule has 146 valence electrons. The highest BCUT2D eigenvalue weighted by Gasteiger charge is 2.18. The van der Waals surface area contributed by atoms with Crippen LogP contribution in [0.3, 0.4) is 0 Å². The van der Waals surface area contributed by atoms with Gasteiger partial charge in [-0.2, -0.15) is 5.10 Å². The summed E-state index contributed by atoms with van der Waals surface area (Å²) in [5.41, 5.74) is 2.29. The van der Waals surface area contributed by atoms with E-state index >= 15 is 0 Å². The Kier molecular flexibility index (Phi) is 5.58. The molecule has 0 spiro atoms. The van der Waals surface area contributed by atoms with E-state index in [0.717, 1.165) is 61.3 Å². The van der Waals surface area contributed by atoms with Crippen molar-refractivity contribution in [3.63, 3.8) is 0 Å². The molecular formula is C22H26N4O2. The number of fused-ring (bicyclic) bond motifs is 1. The van der Waals surface area contributed by atoms with Crippen LogP contribution in [0.5, 0.6) is 11.5 Å². The van der Waals surface area contributed by atoms with Gasteiger partial charge in [0.2, 0.25) is 0 Å². The zero-order valence-corrected chi connectivity index (χ0v) is 16.5. The average molecular weight is 378 g/mol. The van der Waals surface area contributed by atoms with Gasteiger partial charge in [0, 0.05) is 31.6 Å². The number of nitrogens with zero attached hydrogens (tertiary/aromatic N) is 4. The molecule has 6 heteroatoms. The van der Waals surface area contributed by atoms with Crippen molar-refractivity contribution >= 4 is 0 Å². The van der Waals surface area contributed by atoms with E-state index in [0.29, 0.717) is 6.61 Å². The fraction of sp³-hybridized carbons (Fsp3) is 0.364. The molecule has 0 atom stereocenters. The minimum absolute atomic E-state index is 0.630. The van der Waals surface area contributed by atoms with Crippen molar-refractivity contribution in [3.8, 4) is 22.9 Å². The van der Waals surface area contributed by atoms with E-state index in [1.807, 2.05) is 31.2 Å². The number of benzene rings is 2. The van der Waals surface area contributed by atoms with E-state index in [-0.39, 0.29) is 0 Å². The number of aromatic nitrogens is 3. The Bertz CT molecular complexity index is 898. The Balaban J connectivity index is 1.43. The Morgan fingerprint density at radius 2 is 1.86 bits per heavy atom. The molecule has 0 saturated carbocycles. The topological polar surface area (TPSA) is 52.4 Å². The highest BCUT2D eigenvalue weighted by Crippen LogP contribution is 2.28. The first-order valence-electron chi connectivity index (χ1n) is 9.78. The van der Waals surface area contributed by atoms with Crippen molar-refractivity contribution in [3.05, 3.63) is 59.9 Å². The number of ether oxygens (including phenoxy) is 2. The van der Waals surface area contributed by atoms with Crippen molar-refractivity contribution in [1.29, 1.82) is 0 Å². The number of hydrogen-bond donors (Lipinski definition) is 0. The molecule has 6 nitrogen and oxygen atoms in total. The fourth-order valence-electron chi connectivity index (χ4n) is 3.56. The van der Waals surface area contributed by atoms with Crippen LogP contribution in [0, 0.1) is 0 Å². The summed E-state index contributed by atoms with van der Waals surface area (Å²) in [6, 6.07) is 16.3. The largest absolute Gasteiger partial charge is 0.493 e. The number of rotatable bonds is 6. The lowest BCUT2D eigenvalue weighted by Crippen LogP contribution is -2.26. The standard InChI is InChI=1S/C22H26N4O2/c1-3-28-19-10-9-17(15-20(19)27-2)16-25-12-11-21-23-22(24-26(21)14-13-25)18-7-5-4-6-8-18/h4-10,15H,3,11-14,16H2,1-2H3. The summed E-state index contributed by atoms with van der Waals surface area (Å²) in [5, 5.41) is 4.72. The molecular weight excluding hydrogens is 352 g/mol. The van der Waals surface area contributed by atoms with Crippen molar-refractivity contribution < 1.29 is 9.47 Å². The molecule has 0 bridgehead atoms. The second-order valence-electron chi connectivity index (χ2n) is 6.89. The summed E-state index contributed by atoms with van der Waals surface area (Å²) in [5.74, 6) is 3.46. The molecule has 0 amide bonds. The first-order chi connectivity index (χ1) is 13.8. The maximum absolute atomic E-state index is 5.61. The first-order valence-corrected chi connectivity index (χ1v) is 9.78. The average Bonchev–Trinajstić information content (AvgIpc) is 3.06. The monoisotopic (exact) mass is 378 g/mol. The summed E-state index contributed by atoms with van der Waals surface area (Å²) in [6.45, 7) is 6.24. The Morgan fingerprint density at radius 3 is 2.64 bits per heavy atom. The highest BCUT2D eigenvalue weighted by molar-refractivity contribution is 5.54. The summed E-state index contributed by atoms with van der Waals surface area (Å²) < 4.78 is 13.1. The van der Waals surface area contributed by atoms with Gasteiger partial charge < -0.3 is 9.47 Å². The van der Waals surface area contributed by atoms with Crippen LogP contribution in [0.15, 0.2) is 48.5 Å². The summed E-state index contributed by atoms with van der Waals surface area (Å²) in [6.07, 6.45) is 0.897. The lowest BCUT2D eigenvalue weighted by atomic mass is 10.2. The lowest BCUT2D eigenvalue weighted by Gasteiger charge is -2.20. The number of methoxy groups -OCH3 is 1. The minimum atomic E-state index is 0.630. The van der Waals surface area contributed by atoms with Crippen molar-refractivity contribution in [2.75, 3.05) is 26.8 Å². The van der Waals surface area contributed by atoms with E-state index < -0.39 is 0 Å². The molecule has 28 heavy (non-hydrogen) atoms. The molecule has 0 radical (unpaired) electrons. The fourth-order valence-corrected chi connectivity index (χ4v) is 3.56. The highest BCUT2D eigenvalue weighted by atomic mass is 16.5. The predicted octanol–water partition coefficient (Wildman–Crippen LogP) is 3.41. The smallest absolute Gasteiger partial charge is 0.181 e. The van der Waals surface area contributed by atoms with Gasteiger partial charge in [-0.05, 0) is 24.6 Å². The van der Waals surface area contributed by atoms with E-state index in [9.17, 15) is 0 Å². The molecule has 1 aliphatic heterocycles. The van der Waals surface area contributed by atoms with E-state index in [1.165, 1.54) is 5.56 Å². The van der Waals surface area contributed by atoms with Crippen molar-refractivity contribution in [1.82, 2.24) is 19.7 Å². The summed E-state index contributed by atoms with van der Waals surface area (Å²) in [4.78, 5) is 7.21. The van der Waals surface area contributed by atoms with Crippen LogP contribution in [0.25, 0.3) is 11.4 Å². The normalized spacial score (nSPS) is 14.4. The van der Waals surface area contributed by atoms with Crippen LogP contribution in [0.2, 0.25) is 0 Å². The maximum Gasteiger partial charge on any atom is 0.181 e. The summed E-state index contributed by atoms with van der Waals surface area (Å²) >= 11 is 0. The molecule has 0 saturated heterocycles. The van der Waals surface area contributed by atoms with Crippen LogP contribution in [-0.4, -0.2) is 46.5 Å². The maximum atomic E-state index is 5.61. The Hall–Kier alpha value is -2.86. The van der Waals surface area contributed by atoms with Gasteiger partial charge in [-0.3, -0.25) is 4.90 Å². The Morgan fingerprint density at radius 1 is 1.00 bits per heavy atom. The van der Waals surface area contributed by atoms with Gasteiger partial charge in [0.05, 0.1) is 20.3 Å². The molecule has 2 heterocycles. The predicted molar refractivity (Wildman–Crippen MR) is 109 cm³/mol. The number of hydrogen-bond acceptors (Lipinski definition) is 5. The van der Waals surface area contributed by atoms with Crippen molar-refractivity contribution in [2.45, 2.75) is 26.4 Å². The summed E-state index contributed by atoms with van der Waals surface area (Å²) in [7, 11) is 1.68. The van der Waals surface area contributed by atoms with Gasteiger partial charge in [-0.15, -0.1) is 0 Å². The van der Waals surface area contributed by atoms with Crippen LogP contribution in [0.1, 0.15) is 18.3 Å². The SMILES string of the molecule is CCOc1ccc(CN2CCc3nc(-c4ccccc4)nn3CC2)cc1OC. The molecule has 2 aromatic carbocycles. The molecule has 1 aromatic heterocycles. The molecule has 4 rings (SSSR count). The third-order valence-corrected chi connectivity index (χ3v) is 4.99. The van der Waals surface area contributed by atoms with Gasteiger partial charge in [0.25, 0.3) is 0 Å². The second kappa shape index (κ2) is 8.44. The van der Waals surface area contributed by atoms with E-state index in [2.05, 4.69) is 33.8 Å². The van der Waals surface area contributed by atoms with Crippen molar-refractivity contribution in [2.24, 2.45) is 0 Å². The van der Waals surface area contributed by atoms with Crippen LogP contribution >= 0.6 is 0 Å². The molecule has 0 aliphatic carbocycles. The molecule has 0 unspecified atom stereocenters. The van der Waals surface area contributed by atoms with Gasteiger partial charge in [0.15, 0.2) is 17.3 Å². The molecule has 0 N–H and O–H groups in total. The first kappa shape index (κ1) is 18.5. The van der Waals surface area contributed by atoms with Gasteiger partial charge in [0.1, 0.15) is 5.82 Å². The van der Waals surface area contributed by atoms with Crippen LogP contribution < -0.4 is 9.47 Å². The van der Waals surface area contributed by atoms with Gasteiger partial charge in [-0.1, -0.05) is 36.4 Å². The molecule has 0 fully saturated rings. The van der Waals surface area contributed by atoms with E-state index in [4.69, 9.17) is 19.6 Å². The van der Waals surface area contributed by atoms with E-state index in [1.54, 1.807) is 7.11 Å². The van der Waals surface area contributed by atoms with Crippen LogP contribution in [0.4, 0.5) is 0 Å². The lowest BCUT2D eigenvalue weighted by molar-refractivity contribution is 0.267. The zero-order valence-electron chi connectivity index (χ0n) is 16.5. The minimum Gasteiger partial charge on any atom is -0.493 e. The molecule has 3 aromatic rings. The third-order valence-electron chi connectivity index (χ3n) is 4.99. The third kappa shape index (κ3) is 4.02. The van der Waals surface area contributed by atoms with Crippen LogP contribution in [-0.2, 0) is 19.5 Å². The van der Waals surface area contributed by atoms with Gasteiger partial charge in [-0.25, -0.2) is 9.67 Å². The quantitative estimate of drug-likeness (QED) is 0.658. The van der Waals surface area contributed by atoms with Gasteiger partial charge >= 0.3 is 0 Å². The second-order valence-corrected chi connectivity index (χ2v) is 6.89. The Labute approximate surface area is 165 Å².